The van der Waals surface area contributed by atoms with Gasteiger partial charge in [-0.3, -0.25) is 0 Å². The fourth-order valence-corrected chi connectivity index (χ4v) is 16.0. The lowest BCUT2D eigenvalue weighted by molar-refractivity contribution is 0.722. The molecule has 0 amide bonds. The van der Waals surface area contributed by atoms with Crippen molar-refractivity contribution in [3.8, 4) is 55.6 Å². The van der Waals surface area contributed by atoms with Gasteiger partial charge in [0.15, 0.2) is 0 Å². The minimum atomic E-state index is -0.515. The minimum absolute atomic E-state index is 0.465. The van der Waals surface area contributed by atoms with Gasteiger partial charge >= 0.3 is 0 Å². The highest BCUT2D eigenvalue weighted by atomic mass is 32.2. The molecule has 360 valence electrons. The van der Waals surface area contributed by atoms with Crippen LogP contribution < -0.4 is 4.90 Å². The number of fused-ring (bicyclic) bond motifs is 18. The Balaban J connectivity index is 0.923. The van der Waals surface area contributed by atoms with Gasteiger partial charge in [-0.15, -0.1) is 0 Å². The maximum absolute atomic E-state index is 2.52. The lowest BCUT2D eigenvalue weighted by atomic mass is 9.67. The highest BCUT2D eigenvalue weighted by Gasteiger charge is 2.52. The molecule has 3 heteroatoms. The summed E-state index contributed by atoms with van der Waals surface area (Å²) in [5.41, 5.74) is 25.2. The van der Waals surface area contributed by atoms with Gasteiger partial charge in [0.2, 0.25) is 0 Å². The van der Waals surface area contributed by atoms with Crippen molar-refractivity contribution in [1.82, 2.24) is 0 Å². The lowest BCUT2D eigenvalue weighted by Gasteiger charge is -2.40. The van der Waals surface area contributed by atoms with Crippen LogP contribution in [-0.4, -0.2) is 0 Å². The summed E-state index contributed by atoms with van der Waals surface area (Å²) < 4.78 is 0. The molecule has 2 aliphatic heterocycles. The molecule has 0 aromatic heterocycles. The van der Waals surface area contributed by atoms with Crippen LogP contribution >= 0.6 is 23.5 Å². The molecule has 12 aromatic carbocycles. The van der Waals surface area contributed by atoms with Crippen molar-refractivity contribution < 1.29 is 0 Å². The quantitative estimate of drug-likeness (QED) is 0.163. The predicted molar refractivity (Wildman–Crippen MR) is 320 cm³/mol. The van der Waals surface area contributed by atoms with E-state index in [2.05, 4.69) is 290 Å². The number of hydrogen-bond acceptors (Lipinski definition) is 3. The van der Waals surface area contributed by atoms with E-state index in [-0.39, 0.29) is 0 Å². The van der Waals surface area contributed by atoms with Gasteiger partial charge in [-0.1, -0.05) is 230 Å². The van der Waals surface area contributed by atoms with Crippen LogP contribution in [0.4, 0.5) is 17.1 Å². The molecule has 16 rings (SSSR count). The zero-order valence-electron chi connectivity index (χ0n) is 41.9. The zero-order valence-corrected chi connectivity index (χ0v) is 43.5. The third-order valence-corrected chi connectivity index (χ3v) is 19.1. The summed E-state index contributed by atoms with van der Waals surface area (Å²) in [4.78, 5) is 7.73. The van der Waals surface area contributed by atoms with Gasteiger partial charge in [0.1, 0.15) is 0 Å². The van der Waals surface area contributed by atoms with Crippen LogP contribution in [0.5, 0.6) is 0 Å². The molecule has 2 aliphatic carbocycles. The van der Waals surface area contributed by atoms with Crippen molar-refractivity contribution in [2.75, 3.05) is 4.90 Å². The summed E-state index contributed by atoms with van der Waals surface area (Å²) in [5.74, 6) is 0. The monoisotopic (exact) mass is 1010 g/mol. The van der Waals surface area contributed by atoms with Crippen LogP contribution in [0.15, 0.2) is 305 Å². The Bertz CT molecular complexity index is 4200. The van der Waals surface area contributed by atoms with E-state index in [9.17, 15) is 0 Å². The van der Waals surface area contributed by atoms with Crippen LogP contribution in [0.25, 0.3) is 55.6 Å². The first-order valence-corrected chi connectivity index (χ1v) is 28.2. The maximum atomic E-state index is 2.52. The minimum Gasteiger partial charge on any atom is -0.310 e. The third-order valence-electron chi connectivity index (χ3n) is 16.8. The second-order valence-electron chi connectivity index (χ2n) is 20.7. The molecule has 0 unspecified atom stereocenters. The van der Waals surface area contributed by atoms with E-state index >= 15 is 0 Å². The normalized spacial score (nSPS) is 14.1. The topological polar surface area (TPSA) is 3.24 Å². The van der Waals surface area contributed by atoms with E-state index in [0.29, 0.717) is 0 Å². The van der Waals surface area contributed by atoms with E-state index in [0.717, 1.165) is 22.6 Å². The molecule has 4 aliphatic rings. The Morgan fingerprint density at radius 1 is 0.208 bits per heavy atom. The molecule has 77 heavy (non-hydrogen) atoms. The van der Waals surface area contributed by atoms with Crippen LogP contribution in [0.2, 0.25) is 0 Å². The molecular formula is C74H47NS2. The summed E-state index contributed by atoms with van der Waals surface area (Å²) in [7, 11) is 0. The summed E-state index contributed by atoms with van der Waals surface area (Å²) in [6, 6.07) is 107. The lowest BCUT2D eigenvalue weighted by Crippen LogP contribution is -2.32. The third kappa shape index (κ3) is 6.51. The SMILES string of the molecule is c1ccc(-c2cc(-c3ccccc3)cc(-c3ccc(N(c4ccc5c(c4)-c4ccccc4C54c5ccccc5Sc5ccccc54)c4ccc5c(c4)C4(c6ccccc6Sc6ccccc64)c4ccccc4-5)cc3)c2)cc1. The fourth-order valence-electron chi connectivity index (χ4n) is 13.6. The predicted octanol–water partition coefficient (Wildman–Crippen LogP) is 19.8. The van der Waals surface area contributed by atoms with Gasteiger partial charge in [0, 0.05) is 36.6 Å². The fraction of sp³-hybridized carbons (Fsp3) is 0.0270. The zero-order chi connectivity index (χ0) is 50.7. The molecule has 2 heterocycles. The highest BCUT2D eigenvalue weighted by Crippen LogP contribution is 2.65. The van der Waals surface area contributed by atoms with Crippen molar-refractivity contribution in [2.45, 2.75) is 30.4 Å². The summed E-state index contributed by atoms with van der Waals surface area (Å²) >= 11 is 3.78. The van der Waals surface area contributed by atoms with Crippen LogP contribution in [0.1, 0.15) is 44.5 Å². The average Bonchev–Trinajstić information content (AvgIpc) is 4.15. The molecular weight excluding hydrogens is 967 g/mol. The number of benzene rings is 12. The number of nitrogens with zero attached hydrogens (tertiary/aromatic N) is 1. The van der Waals surface area contributed by atoms with Gasteiger partial charge in [-0.05, 0) is 179 Å². The first-order valence-electron chi connectivity index (χ1n) is 26.6. The number of anilines is 3. The summed E-state index contributed by atoms with van der Waals surface area (Å²) in [6.45, 7) is 0. The first kappa shape index (κ1) is 44.4. The van der Waals surface area contributed by atoms with Crippen molar-refractivity contribution >= 4 is 40.6 Å². The summed E-state index contributed by atoms with van der Waals surface area (Å²) in [6.07, 6.45) is 0. The van der Waals surface area contributed by atoms with Crippen molar-refractivity contribution in [2.24, 2.45) is 0 Å². The van der Waals surface area contributed by atoms with Gasteiger partial charge in [-0.25, -0.2) is 0 Å². The second kappa shape index (κ2) is 17.3. The Morgan fingerprint density at radius 2 is 0.545 bits per heavy atom. The van der Waals surface area contributed by atoms with E-state index in [4.69, 9.17) is 0 Å². The van der Waals surface area contributed by atoms with E-state index in [1.54, 1.807) is 0 Å². The van der Waals surface area contributed by atoms with Crippen LogP contribution in [0, 0.1) is 0 Å². The molecule has 0 saturated carbocycles. The molecule has 12 aromatic rings. The van der Waals surface area contributed by atoms with Gasteiger partial charge < -0.3 is 4.90 Å². The molecule has 1 nitrogen and oxygen atoms in total. The van der Waals surface area contributed by atoms with Crippen molar-refractivity contribution in [3.63, 3.8) is 0 Å². The largest absolute Gasteiger partial charge is 0.310 e. The van der Waals surface area contributed by atoms with Crippen molar-refractivity contribution in [3.05, 3.63) is 330 Å². The smallest absolute Gasteiger partial charge is 0.0736 e. The second-order valence-corrected chi connectivity index (χ2v) is 22.8. The molecule has 0 N–H and O–H groups in total. The van der Waals surface area contributed by atoms with Gasteiger partial charge in [-0.2, -0.15) is 0 Å². The Kier molecular flexibility index (Phi) is 10.0. The molecule has 0 saturated heterocycles. The van der Waals surface area contributed by atoms with Crippen LogP contribution in [-0.2, 0) is 10.8 Å². The molecule has 2 spiro atoms. The van der Waals surface area contributed by atoms with E-state index in [1.165, 1.54) is 114 Å². The van der Waals surface area contributed by atoms with Crippen LogP contribution in [0.3, 0.4) is 0 Å². The Labute approximate surface area is 458 Å². The Morgan fingerprint density at radius 3 is 1.04 bits per heavy atom. The molecule has 0 bridgehead atoms. The Hall–Kier alpha value is -8.86. The standard InChI is InChI=1S/C74H47NS2/c1-3-19-48(20-4-1)51-43-52(49-21-5-2-6-22-49)45-53(44-51)50-35-37-54(38-36-50)75(55-40-42-63-60(46-55)58-24-8-10-26-62(58)73(63)64-27-11-15-31-69(64)76-70-32-16-12-28-65(70)73)56-39-41-59-57-23-7-9-25-61(57)74(68(59)47-56)66-29-13-17-33-71(66)77-72-34-18-14-30-67(72)74/h1-47H. The average molecular weight is 1010 g/mol. The van der Waals surface area contributed by atoms with E-state index in [1.807, 2.05) is 23.5 Å². The van der Waals surface area contributed by atoms with Crippen molar-refractivity contribution in [1.29, 1.82) is 0 Å². The van der Waals surface area contributed by atoms with E-state index < -0.39 is 10.8 Å². The number of rotatable bonds is 6. The van der Waals surface area contributed by atoms with Gasteiger partial charge in [0.25, 0.3) is 0 Å². The molecule has 0 atom stereocenters. The number of hydrogen-bond donors (Lipinski definition) is 0. The molecule has 0 radical (unpaired) electrons. The molecule has 0 fully saturated rings. The van der Waals surface area contributed by atoms with Gasteiger partial charge in [0.05, 0.1) is 10.8 Å². The maximum Gasteiger partial charge on any atom is 0.0736 e. The first-order chi connectivity index (χ1) is 38.2. The highest BCUT2D eigenvalue weighted by molar-refractivity contribution is 7.99. The summed E-state index contributed by atoms with van der Waals surface area (Å²) in [5, 5.41) is 0.